The van der Waals surface area contributed by atoms with E-state index in [1.807, 2.05) is 62.4 Å². The average Bonchev–Trinajstić information content (AvgIpc) is 2.64. The molecule has 2 aromatic rings. The Kier molecular flexibility index (Phi) is 5.71. The van der Waals surface area contributed by atoms with Crippen molar-refractivity contribution in [2.45, 2.75) is 51.6 Å². The SMILES string of the molecule is Cc1ccccc1C(=O)NC1CCC(NC(=O)c2ccccc2C)CC1. The summed E-state index contributed by atoms with van der Waals surface area (Å²) in [6, 6.07) is 15.6. The van der Waals surface area contributed by atoms with Gasteiger partial charge in [-0.3, -0.25) is 9.59 Å². The van der Waals surface area contributed by atoms with Gasteiger partial charge in [-0.1, -0.05) is 36.4 Å². The van der Waals surface area contributed by atoms with Crippen molar-refractivity contribution in [1.29, 1.82) is 0 Å². The number of carbonyl (C=O) groups excluding carboxylic acids is 2. The van der Waals surface area contributed by atoms with Crippen molar-refractivity contribution in [3.63, 3.8) is 0 Å². The van der Waals surface area contributed by atoms with Crippen molar-refractivity contribution in [2.24, 2.45) is 0 Å². The Morgan fingerprint density at radius 2 is 1.04 bits per heavy atom. The Bertz CT molecular complexity index is 725. The van der Waals surface area contributed by atoms with E-state index in [4.69, 9.17) is 0 Å². The number of hydrogen-bond donors (Lipinski definition) is 2. The Morgan fingerprint density at radius 1 is 0.692 bits per heavy atom. The first-order valence-corrected chi connectivity index (χ1v) is 9.27. The average molecular weight is 350 g/mol. The molecule has 26 heavy (non-hydrogen) atoms. The van der Waals surface area contributed by atoms with Gasteiger partial charge in [-0.15, -0.1) is 0 Å². The first-order valence-electron chi connectivity index (χ1n) is 9.27. The quantitative estimate of drug-likeness (QED) is 0.882. The van der Waals surface area contributed by atoms with Gasteiger partial charge in [0, 0.05) is 23.2 Å². The van der Waals surface area contributed by atoms with Crippen molar-refractivity contribution in [3.8, 4) is 0 Å². The molecule has 2 amide bonds. The fourth-order valence-corrected chi connectivity index (χ4v) is 3.56. The number of benzene rings is 2. The van der Waals surface area contributed by atoms with Crippen LogP contribution in [0.25, 0.3) is 0 Å². The lowest BCUT2D eigenvalue weighted by atomic mass is 9.90. The van der Waals surface area contributed by atoms with Crippen LogP contribution in [-0.4, -0.2) is 23.9 Å². The zero-order valence-corrected chi connectivity index (χ0v) is 15.4. The largest absolute Gasteiger partial charge is 0.349 e. The smallest absolute Gasteiger partial charge is 0.251 e. The second-order valence-electron chi connectivity index (χ2n) is 7.13. The summed E-state index contributed by atoms with van der Waals surface area (Å²) in [7, 11) is 0. The van der Waals surface area contributed by atoms with Crippen molar-refractivity contribution in [2.75, 3.05) is 0 Å². The van der Waals surface area contributed by atoms with E-state index in [-0.39, 0.29) is 23.9 Å². The fraction of sp³-hybridized carbons (Fsp3) is 0.364. The second kappa shape index (κ2) is 8.17. The summed E-state index contributed by atoms with van der Waals surface area (Å²) in [6.07, 6.45) is 3.54. The minimum Gasteiger partial charge on any atom is -0.349 e. The monoisotopic (exact) mass is 350 g/mol. The molecule has 0 aromatic heterocycles. The molecule has 0 bridgehead atoms. The molecule has 136 valence electrons. The minimum absolute atomic E-state index is 0.00417. The Balaban J connectivity index is 1.50. The number of hydrogen-bond acceptors (Lipinski definition) is 2. The van der Waals surface area contributed by atoms with Crippen LogP contribution in [-0.2, 0) is 0 Å². The number of nitrogens with one attached hydrogen (secondary N) is 2. The summed E-state index contributed by atoms with van der Waals surface area (Å²) in [5, 5.41) is 6.28. The lowest BCUT2D eigenvalue weighted by Gasteiger charge is -2.30. The summed E-state index contributed by atoms with van der Waals surface area (Å²) in [5.41, 5.74) is 3.46. The maximum absolute atomic E-state index is 12.4. The van der Waals surface area contributed by atoms with Crippen LogP contribution >= 0.6 is 0 Å². The van der Waals surface area contributed by atoms with E-state index in [9.17, 15) is 9.59 Å². The molecule has 0 spiro atoms. The van der Waals surface area contributed by atoms with E-state index in [2.05, 4.69) is 10.6 Å². The van der Waals surface area contributed by atoms with E-state index in [0.717, 1.165) is 47.9 Å². The first kappa shape index (κ1) is 18.2. The van der Waals surface area contributed by atoms with Gasteiger partial charge in [0.25, 0.3) is 11.8 Å². The number of rotatable bonds is 4. The molecule has 2 N–H and O–H groups in total. The lowest BCUT2D eigenvalue weighted by Crippen LogP contribution is -2.44. The molecular formula is C22H26N2O2. The van der Waals surface area contributed by atoms with Gasteiger partial charge < -0.3 is 10.6 Å². The van der Waals surface area contributed by atoms with E-state index in [1.54, 1.807) is 0 Å². The van der Waals surface area contributed by atoms with Crippen LogP contribution in [0.1, 0.15) is 57.5 Å². The fourth-order valence-electron chi connectivity index (χ4n) is 3.56. The molecule has 0 heterocycles. The molecule has 4 heteroatoms. The molecule has 1 fully saturated rings. The van der Waals surface area contributed by atoms with Gasteiger partial charge in [0.1, 0.15) is 0 Å². The van der Waals surface area contributed by atoms with Gasteiger partial charge in [0.05, 0.1) is 0 Å². The number of amides is 2. The van der Waals surface area contributed by atoms with Gasteiger partial charge >= 0.3 is 0 Å². The highest BCUT2D eigenvalue weighted by molar-refractivity contribution is 5.96. The Morgan fingerprint density at radius 3 is 1.38 bits per heavy atom. The number of aryl methyl sites for hydroxylation is 2. The Labute approximate surface area is 155 Å². The third kappa shape index (κ3) is 4.31. The van der Waals surface area contributed by atoms with Crippen molar-refractivity contribution >= 4 is 11.8 Å². The van der Waals surface area contributed by atoms with Gasteiger partial charge in [-0.25, -0.2) is 0 Å². The first-order chi connectivity index (χ1) is 12.5. The van der Waals surface area contributed by atoms with Gasteiger partial charge in [-0.2, -0.15) is 0 Å². The zero-order valence-electron chi connectivity index (χ0n) is 15.4. The second-order valence-corrected chi connectivity index (χ2v) is 7.13. The lowest BCUT2D eigenvalue weighted by molar-refractivity contribution is 0.0891. The predicted octanol–water partition coefficient (Wildman–Crippen LogP) is 3.77. The molecule has 0 aliphatic heterocycles. The van der Waals surface area contributed by atoms with Gasteiger partial charge in [0.2, 0.25) is 0 Å². The van der Waals surface area contributed by atoms with Crippen molar-refractivity contribution in [1.82, 2.24) is 10.6 Å². The van der Waals surface area contributed by atoms with E-state index in [0.29, 0.717) is 0 Å². The van der Waals surface area contributed by atoms with Crippen LogP contribution in [0.4, 0.5) is 0 Å². The van der Waals surface area contributed by atoms with E-state index < -0.39 is 0 Å². The molecule has 0 radical (unpaired) electrons. The summed E-state index contributed by atoms with van der Waals surface area (Å²) >= 11 is 0. The van der Waals surface area contributed by atoms with E-state index in [1.165, 1.54) is 0 Å². The highest BCUT2D eigenvalue weighted by Gasteiger charge is 2.24. The van der Waals surface area contributed by atoms with Crippen LogP contribution < -0.4 is 10.6 Å². The highest BCUT2D eigenvalue weighted by atomic mass is 16.2. The van der Waals surface area contributed by atoms with Crippen molar-refractivity contribution in [3.05, 3.63) is 70.8 Å². The molecule has 1 aliphatic carbocycles. The maximum atomic E-state index is 12.4. The molecule has 2 aromatic carbocycles. The van der Waals surface area contributed by atoms with Crippen LogP contribution in [0.5, 0.6) is 0 Å². The topological polar surface area (TPSA) is 58.2 Å². The summed E-state index contributed by atoms with van der Waals surface area (Å²) < 4.78 is 0. The molecule has 4 nitrogen and oxygen atoms in total. The van der Waals surface area contributed by atoms with Gasteiger partial charge in [-0.05, 0) is 62.8 Å². The standard InChI is InChI=1S/C22H26N2O2/c1-15-7-3-5-9-19(15)21(25)23-17-11-13-18(14-12-17)24-22(26)20-10-6-4-8-16(20)2/h3-10,17-18H,11-14H2,1-2H3,(H,23,25)(H,24,26). The molecule has 3 rings (SSSR count). The molecule has 1 saturated carbocycles. The highest BCUT2D eigenvalue weighted by Crippen LogP contribution is 2.20. The summed E-state index contributed by atoms with van der Waals surface area (Å²) in [5.74, 6) is -0.00834. The third-order valence-electron chi connectivity index (χ3n) is 5.18. The summed E-state index contributed by atoms with van der Waals surface area (Å²) in [6.45, 7) is 3.90. The van der Waals surface area contributed by atoms with E-state index >= 15 is 0 Å². The molecule has 0 atom stereocenters. The van der Waals surface area contributed by atoms with Crippen molar-refractivity contribution < 1.29 is 9.59 Å². The zero-order chi connectivity index (χ0) is 18.5. The molecule has 1 aliphatic rings. The van der Waals surface area contributed by atoms with Crippen LogP contribution in [0.3, 0.4) is 0 Å². The molecular weight excluding hydrogens is 324 g/mol. The Hall–Kier alpha value is -2.62. The summed E-state index contributed by atoms with van der Waals surface area (Å²) in [4.78, 5) is 24.9. The minimum atomic E-state index is -0.00417. The number of carbonyl (C=O) groups is 2. The van der Waals surface area contributed by atoms with Crippen LogP contribution in [0, 0.1) is 13.8 Å². The molecule has 0 saturated heterocycles. The third-order valence-corrected chi connectivity index (χ3v) is 5.18. The molecule has 0 unspecified atom stereocenters. The normalized spacial score (nSPS) is 19.6. The van der Waals surface area contributed by atoms with Crippen LogP contribution in [0.15, 0.2) is 48.5 Å². The van der Waals surface area contributed by atoms with Gasteiger partial charge in [0.15, 0.2) is 0 Å². The maximum Gasteiger partial charge on any atom is 0.251 e. The van der Waals surface area contributed by atoms with Crippen LogP contribution in [0.2, 0.25) is 0 Å². The predicted molar refractivity (Wildman–Crippen MR) is 103 cm³/mol.